The molecule has 1 aromatic heterocycles. The van der Waals surface area contributed by atoms with Crippen LogP contribution < -0.4 is 4.90 Å². The molecule has 2 aliphatic rings. The first kappa shape index (κ1) is 17.6. The average Bonchev–Trinajstić information content (AvgIpc) is 3.13. The molecule has 2 heterocycles. The number of benzene rings is 1. The number of morpholine rings is 1. The van der Waals surface area contributed by atoms with E-state index in [4.69, 9.17) is 4.74 Å². The van der Waals surface area contributed by atoms with Crippen LogP contribution in [0.2, 0.25) is 0 Å². The molecule has 0 saturated carbocycles. The zero-order valence-corrected chi connectivity index (χ0v) is 16.2. The fourth-order valence-corrected chi connectivity index (χ4v) is 5.01. The second-order valence-corrected chi connectivity index (χ2v) is 8.33. The summed E-state index contributed by atoms with van der Waals surface area (Å²) in [6.45, 7) is 4.12. The molecule has 0 unspecified atom stereocenters. The zero-order chi connectivity index (χ0) is 17.9. The van der Waals surface area contributed by atoms with Crippen molar-refractivity contribution in [2.75, 3.05) is 38.3 Å². The number of carbonyl (C=O) groups is 1. The molecule has 1 fully saturated rings. The van der Waals surface area contributed by atoms with Gasteiger partial charge in [-0.15, -0.1) is 11.3 Å². The highest BCUT2D eigenvalue weighted by Crippen LogP contribution is 2.30. The second-order valence-electron chi connectivity index (χ2n) is 7.19. The van der Waals surface area contributed by atoms with Crippen molar-refractivity contribution < 1.29 is 9.53 Å². The first-order valence-electron chi connectivity index (χ1n) is 9.49. The van der Waals surface area contributed by atoms with E-state index in [9.17, 15) is 4.79 Å². The van der Waals surface area contributed by atoms with Gasteiger partial charge >= 0.3 is 0 Å². The molecule has 4 nitrogen and oxygen atoms in total. The van der Waals surface area contributed by atoms with Crippen LogP contribution in [0.3, 0.4) is 0 Å². The Balaban J connectivity index is 1.40. The van der Waals surface area contributed by atoms with Crippen LogP contribution in [0.1, 0.15) is 38.5 Å². The van der Waals surface area contributed by atoms with Gasteiger partial charge in [-0.1, -0.05) is 12.1 Å². The molecule has 1 aliphatic carbocycles. The Labute approximate surface area is 159 Å². The highest BCUT2D eigenvalue weighted by molar-refractivity contribution is 7.14. The summed E-state index contributed by atoms with van der Waals surface area (Å²) in [6, 6.07) is 10.7. The number of ether oxygens (including phenoxy) is 1. The van der Waals surface area contributed by atoms with Crippen molar-refractivity contribution in [1.29, 1.82) is 0 Å². The quantitative estimate of drug-likeness (QED) is 0.822. The largest absolute Gasteiger partial charge is 0.378 e. The van der Waals surface area contributed by atoms with Gasteiger partial charge in [-0.05, 0) is 55.0 Å². The third-order valence-electron chi connectivity index (χ3n) is 5.29. The number of amides is 1. The lowest BCUT2D eigenvalue weighted by atomic mass is 9.99. The van der Waals surface area contributed by atoms with Gasteiger partial charge in [-0.2, -0.15) is 0 Å². The van der Waals surface area contributed by atoms with Crippen LogP contribution in [0, 0.1) is 0 Å². The molecule has 1 aromatic carbocycles. The Bertz CT molecular complexity index is 739. The van der Waals surface area contributed by atoms with Gasteiger partial charge < -0.3 is 14.5 Å². The van der Waals surface area contributed by atoms with Crippen LogP contribution in [0.15, 0.2) is 30.3 Å². The van der Waals surface area contributed by atoms with E-state index in [1.54, 1.807) is 11.3 Å². The van der Waals surface area contributed by atoms with E-state index >= 15 is 0 Å². The molecule has 0 atom stereocenters. The van der Waals surface area contributed by atoms with Crippen molar-refractivity contribution in [2.45, 2.75) is 32.2 Å². The van der Waals surface area contributed by atoms with Gasteiger partial charge in [0.05, 0.1) is 18.1 Å². The normalized spacial score (nSPS) is 17.0. The van der Waals surface area contributed by atoms with Gasteiger partial charge in [0, 0.05) is 37.2 Å². The van der Waals surface area contributed by atoms with Crippen LogP contribution in [0.25, 0.3) is 0 Å². The summed E-state index contributed by atoms with van der Waals surface area (Å²) < 4.78 is 5.41. The topological polar surface area (TPSA) is 32.8 Å². The predicted molar refractivity (Wildman–Crippen MR) is 106 cm³/mol. The van der Waals surface area contributed by atoms with Crippen LogP contribution in [0.4, 0.5) is 5.69 Å². The van der Waals surface area contributed by atoms with Gasteiger partial charge in [0.1, 0.15) is 0 Å². The summed E-state index contributed by atoms with van der Waals surface area (Å²) in [5.41, 5.74) is 3.80. The van der Waals surface area contributed by atoms with E-state index in [0.717, 1.165) is 44.0 Å². The van der Waals surface area contributed by atoms with Gasteiger partial charge in [0.15, 0.2) is 0 Å². The van der Waals surface area contributed by atoms with Crippen LogP contribution in [0.5, 0.6) is 0 Å². The number of carbonyl (C=O) groups excluding carboxylic acids is 1. The Hall–Kier alpha value is -1.85. The number of hydrogen-bond donors (Lipinski definition) is 0. The van der Waals surface area contributed by atoms with Crippen LogP contribution in [-0.2, 0) is 24.1 Å². The maximum atomic E-state index is 12.8. The highest BCUT2D eigenvalue weighted by atomic mass is 32.1. The lowest BCUT2D eigenvalue weighted by Crippen LogP contribution is -2.36. The highest BCUT2D eigenvalue weighted by Gasteiger charge is 2.20. The summed E-state index contributed by atoms with van der Waals surface area (Å²) in [5, 5.41) is 0. The molecule has 0 bridgehead atoms. The van der Waals surface area contributed by atoms with Crippen molar-refractivity contribution in [3.05, 3.63) is 51.2 Å². The molecule has 0 N–H and O–H groups in total. The Kier molecular flexibility index (Phi) is 5.27. The number of rotatable bonds is 4. The average molecular weight is 371 g/mol. The minimum atomic E-state index is 0.140. The summed E-state index contributed by atoms with van der Waals surface area (Å²) in [4.78, 5) is 19.3. The molecule has 138 valence electrons. The second kappa shape index (κ2) is 7.80. The van der Waals surface area contributed by atoms with E-state index in [-0.39, 0.29) is 5.91 Å². The van der Waals surface area contributed by atoms with Gasteiger partial charge in [0.2, 0.25) is 0 Å². The summed E-state index contributed by atoms with van der Waals surface area (Å²) >= 11 is 1.69. The maximum absolute atomic E-state index is 12.8. The summed E-state index contributed by atoms with van der Waals surface area (Å²) in [5.74, 6) is 0.140. The molecule has 2 aromatic rings. The van der Waals surface area contributed by atoms with E-state index in [0.29, 0.717) is 6.54 Å². The fourth-order valence-electron chi connectivity index (χ4n) is 3.76. The van der Waals surface area contributed by atoms with Crippen molar-refractivity contribution in [1.82, 2.24) is 4.90 Å². The smallest absolute Gasteiger partial charge is 0.263 e. The molecule has 0 radical (unpaired) electrons. The van der Waals surface area contributed by atoms with E-state index in [2.05, 4.69) is 35.2 Å². The number of hydrogen-bond acceptors (Lipinski definition) is 4. The summed E-state index contributed by atoms with van der Waals surface area (Å²) in [6.07, 6.45) is 4.78. The molecule has 1 saturated heterocycles. The molecule has 5 heteroatoms. The molecule has 26 heavy (non-hydrogen) atoms. The van der Waals surface area contributed by atoms with Crippen molar-refractivity contribution in [3.63, 3.8) is 0 Å². The lowest BCUT2D eigenvalue weighted by Gasteiger charge is -2.29. The van der Waals surface area contributed by atoms with Gasteiger partial charge in [-0.25, -0.2) is 0 Å². The Morgan fingerprint density at radius 1 is 1.15 bits per heavy atom. The first-order chi connectivity index (χ1) is 12.7. The van der Waals surface area contributed by atoms with E-state index in [1.807, 2.05) is 11.9 Å². The number of aryl methyl sites for hydroxylation is 2. The molecular weight excluding hydrogens is 344 g/mol. The van der Waals surface area contributed by atoms with Crippen molar-refractivity contribution in [3.8, 4) is 0 Å². The Morgan fingerprint density at radius 3 is 2.62 bits per heavy atom. The van der Waals surface area contributed by atoms with E-state index in [1.165, 1.54) is 34.5 Å². The zero-order valence-electron chi connectivity index (χ0n) is 15.4. The standard InChI is InChI=1S/C21H26N2O2S/c1-22(21(24)20-14-17-4-2-3-5-19(17)26-20)15-16-6-8-18(9-7-16)23-10-12-25-13-11-23/h6-9,14H,2-5,10-13,15H2,1H3. The van der Waals surface area contributed by atoms with Crippen molar-refractivity contribution >= 4 is 22.9 Å². The minimum absolute atomic E-state index is 0.140. The van der Waals surface area contributed by atoms with Gasteiger partial charge in [-0.3, -0.25) is 4.79 Å². The van der Waals surface area contributed by atoms with Crippen LogP contribution in [-0.4, -0.2) is 44.2 Å². The molecular formula is C21H26N2O2S. The van der Waals surface area contributed by atoms with Crippen molar-refractivity contribution in [2.24, 2.45) is 0 Å². The predicted octanol–water partition coefficient (Wildman–Crippen LogP) is 3.74. The van der Waals surface area contributed by atoms with E-state index < -0.39 is 0 Å². The number of fused-ring (bicyclic) bond motifs is 1. The number of anilines is 1. The molecule has 1 amide bonds. The molecule has 0 spiro atoms. The summed E-state index contributed by atoms with van der Waals surface area (Å²) in [7, 11) is 1.90. The lowest BCUT2D eigenvalue weighted by molar-refractivity contribution is 0.0790. The minimum Gasteiger partial charge on any atom is -0.378 e. The maximum Gasteiger partial charge on any atom is 0.263 e. The monoisotopic (exact) mass is 370 g/mol. The molecule has 1 aliphatic heterocycles. The van der Waals surface area contributed by atoms with Crippen LogP contribution >= 0.6 is 11.3 Å². The molecule has 4 rings (SSSR count). The third kappa shape index (κ3) is 3.79. The fraction of sp³-hybridized carbons (Fsp3) is 0.476. The number of nitrogens with zero attached hydrogens (tertiary/aromatic N) is 2. The number of thiophene rings is 1. The first-order valence-corrected chi connectivity index (χ1v) is 10.3. The van der Waals surface area contributed by atoms with Gasteiger partial charge in [0.25, 0.3) is 5.91 Å². The SMILES string of the molecule is CN(Cc1ccc(N2CCOCC2)cc1)C(=O)c1cc2c(s1)CCCC2. The third-order valence-corrected chi connectivity index (χ3v) is 6.51. The Morgan fingerprint density at radius 2 is 1.88 bits per heavy atom.